The SMILES string of the molecule is COC(=O)[C@@H]1CCN(C2CCc3c2cc2nc(-c4cccc(-c5cccc6c5CC[C@@H]6Oc5nc(OC)c(CN6CC[C@@H](O)C6)cc5Cl)c4C)oc2c3C#N)C1. The first kappa shape index (κ1) is 36.6. The molecule has 2 fully saturated rings. The largest absolute Gasteiger partial charge is 0.481 e. The van der Waals surface area contributed by atoms with Crippen LogP contribution >= 0.6 is 11.6 Å². The van der Waals surface area contributed by atoms with Crippen molar-refractivity contribution in [3.63, 3.8) is 0 Å². The summed E-state index contributed by atoms with van der Waals surface area (Å²) in [6.45, 7) is 5.57. The van der Waals surface area contributed by atoms with Gasteiger partial charge < -0.3 is 23.7 Å². The van der Waals surface area contributed by atoms with Gasteiger partial charge in [0.15, 0.2) is 5.58 Å². The number of esters is 1. The van der Waals surface area contributed by atoms with Gasteiger partial charge in [0, 0.05) is 43.3 Å². The van der Waals surface area contributed by atoms with E-state index in [9.17, 15) is 15.2 Å². The fraction of sp³-hybridized carbons (Fsp3) is 0.409. The van der Waals surface area contributed by atoms with Gasteiger partial charge in [0.25, 0.3) is 0 Å². The molecule has 4 aliphatic rings. The quantitative estimate of drug-likeness (QED) is 0.149. The lowest BCUT2D eigenvalue weighted by Crippen LogP contribution is -2.27. The van der Waals surface area contributed by atoms with Gasteiger partial charge in [-0.2, -0.15) is 10.2 Å². The molecule has 2 saturated heterocycles. The first-order valence-electron chi connectivity index (χ1n) is 19.5. The number of carbonyl (C=O) groups excluding carboxylic acids is 1. The number of hydrogen-bond acceptors (Lipinski definition) is 11. The smallest absolute Gasteiger partial charge is 0.310 e. The van der Waals surface area contributed by atoms with E-state index >= 15 is 0 Å². The number of nitriles is 1. The van der Waals surface area contributed by atoms with Crippen LogP contribution in [0.3, 0.4) is 0 Å². The average molecular weight is 774 g/mol. The van der Waals surface area contributed by atoms with Gasteiger partial charge in [-0.25, -0.2) is 4.98 Å². The molecule has 288 valence electrons. The van der Waals surface area contributed by atoms with Crippen molar-refractivity contribution in [2.45, 2.75) is 70.2 Å². The maximum atomic E-state index is 12.3. The van der Waals surface area contributed by atoms with Crippen molar-refractivity contribution in [1.82, 2.24) is 19.8 Å². The zero-order valence-electron chi connectivity index (χ0n) is 31.8. The molecule has 0 spiro atoms. The minimum absolute atomic E-state index is 0.123. The number of pyridine rings is 1. The Morgan fingerprint density at radius 1 is 0.964 bits per heavy atom. The third-order valence-corrected chi connectivity index (χ3v) is 12.6. The second kappa shape index (κ2) is 14.8. The molecular weight excluding hydrogens is 730 g/mol. The molecule has 0 bridgehead atoms. The molecule has 1 unspecified atom stereocenters. The highest BCUT2D eigenvalue weighted by atomic mass is 35.5. The van der Waals surface area contributed by atoms with E-state index in [4.69, 9.17) is 40.2 Å². The summed E-state index contributed by atoms with van der Waals surface area (Å²) in [5.41, 5.74) is 11.1. The van der Waals surface area contributed by atoms with Gasteiger partial charge in [-0.15, -0.1) is 0 Å². The van der Waals surface area contributed by atoms with E-state index in [2.05, 4.69) is 53.1 Å². The lowest BCUT2D eigenvalue weighted by molar-refractivity contribution is -0.145. The first-order chi connectivity index (χ1) is 27.2. The number of rotatable bonds is 9. The summed E-state index contributed by atoms with van der Waals surface area (Å²) in [6.07, 6.45) is 4.23. The molecule has 3 aromatic carbocycles. The molecule has 0 amide bonds. The van der Waals surface area contributed by atoms with Gasteiger partial charge in [-0.1, -0.05) is 41.9 Å². The van der Waals surface area contributed by atoms with Gasteiger partial charge >= 0.3 is 5.97 Å². The Kier molecular flexibility index (Phi) is 9.70. The molecule has 12 heteroatoms. The van der Waals surface area contributed by atoms with Crippen molar-refractivity contribution in [2.24, 2.45) is 5.92 Å². The zero-order valence-corrected chi connectivity index (χ0v) is 32.6. The summed E-state index contributed by atoms with van der Waals surface area (Å²) in [5.74, 6) is 1.01. The van der Waals surface area contributed by atoms with E-state index in [1.54, 1.807) is 7.11 Å². The highest BCUT2D eigenvalue weighted by molar-refractivity contribution is 6.31. The van der Waals surface area contributed by atoms with E-state index in [1.165, 1.54) is 12.7 Å². The van der Waals surface area contributed by atoms with Gasteiger partial charge in [0.05, 0.1) is 26.2 Å². The van der Waals surface area contributed by atoms with Crippen LogP contribution in [0.4, 0.5) is 0 Å². The number of likely N-dealkylation sites (tertiary alicyclic amines) is 2. The highest BCUT2D eigenvalue weighted by Crippen LogP contribution is 2.46. The summed E-state index contributed by atoms with van der Waals surface area (Å²) in [4.78, 5) is 26.5. The van der Waals surface area contributed by atoms with Crippen molar-refractivity contribution < 1.29 is 28.5 Å². The highest BCUT2D eigenvalue weighted by Gasteiger charge is 2.38. The monoisotopic (exact) mass is 773 g/mol. The maximum absolute atomic E-state index is 12.3. The van der Waals surface area contributed by atoms with Crippen LogP contribution in [-0.4, -0.2) is 77.3 Å². The number of ether oxygens (including phenoxy) is 3. The first-order valence-corrected chi connectivity index (χ1v) is 19.8. The summed E-state index contributed by atoms with van der Waals surface area (Å²) in [6, 6.07) is 19.0. The molecule has 11 nitrogen and oxygen atoms in total. The number of halogens is 1. The second-order valence-corrected chi connectivity index (χ2v) is 15.9. The Hall–Kier alpha value is -4.99. The van der Waals surface area contributed by atoms with Crippen molar-refractivity contribution >= 4 is 28.7 Å². The molecule has 9 rings (SSSR count). The summed E-state index contributed by atoms with van der Waals surface area (Å²) < 4.78 is 23.7. The fourth-order valence-electron chi connectivity index (χ4n) is 9.52. The van der Waals surface area contributed by atoms with E-state index in [-0.39, 0.29) is 30.1 Å². The third-order valence-electron chi connectivity index (χ3n) is 12.3. The van der Waals surface area contributed by atoms with Crippen LogP contribution in [0.5, 0.6) is 11.8 Å². The van der Waals surface area contributed by atoms with Crippen LogP contribution in [0.2, 0.25) is 5.02 Å². The van der Waals surface area contributed by atoms with E-state index in [1.807, 2.05) is 18.2 Å². The number of methoxy groups -OCH3 is 2. The van der Waals surface area contributed by atoms with Gasteiger partial charge in [-0.05, 0) is 109 Å². The molecule has 2 aliphatic carbocycles. The Bertz CT molecular complexity index is 2410. The Balaban J connectivity index is 0.993. The molecular formula is C44H44ClN5O6. The number of oxazole rings is 1. The summed E-state index contributed by atoms with van der Waals surface area (Å²) >= 11 is 6.77. The predicted molar refractivity (Wildman–Crippen MR) is 210 cm³/mol. The number of fused-ring (bicyclic) bond motifs is 3. The number of aliphatic hydroxyl groups excluding tert-OH is 1. The summed E-state index contributed by atoms with van der Waals surface area (Å²) in [7, 11) is 3.04. The van der Waals surface area contributed by atoms with Crippen LogP contribution in [0.15, 0.2) is 52.9 Å². The average Bonchev–Trinajstić information content (AvgIpc) is 4.06. The zero-order chi connectivity index (χ0) is 38.7. The number of aliphatic hydroxyl groups is 1. The Morgan fingerprint density at radius 3 is 2.55 bits per heavy atom. The number of β-amino-alcohol motifs (C(OH)–C–C–N with tert-alkyl or cyclic N) is 1. The van der Waals surface area contributed by atoms with E-state index < -0.39 is 0 Å². The minimum Gasteiger partial charge on any atom is -0.481 e. The van der Waals surface area contributed by atoms with Crippen LogP contribution in [-0.2, 0) is 28.9 Å². The topological polar surface area (TPSA) is 134 Å². The third kappa shape index (κ3) is 6.39. The molecule has 5 aromatic rings. The van der Waals surface area contributed by atoms with E-state index in [0.29, 0.717) is 59.0 Å². The second-order valence-electron chi connectivity index (χ2n) is 15.5. The maximum Gasteiger partial charge on any atom is 0.310 e. The normalized spacial score (nSPS) is 22.0. The lowest BCUT2D eigenvalue weighted by Gasteiger charge is -2.24. The van der Waals surface area contributed by atoms with Crippen molar-refractivity contribution in [3.8, 4) is 40.4 Å². The molecule has 0 radical (unpaired) electrons. The van der Waals surface area contributed by atoms with Crippen LogP contribution in [0, 0.1) is 24.2 Å². The van der Waals surface area contributed by atoms with Gasteiger partial charge in [0.1, 0.15) is 28.3 Å². The van der Waals surface area contributed by atoms with Crippen LogP contribution in [0.1, 0.15) is 76.8 Å². The van der Waals surface area contributed by atoms with Gasteiger partial charge in [0.2, 0.25) is 17.7 Å². The molecule has 1 N–H and O–H groups in total. The van der Waals surface area contributed by atoms with Crippen LogP contribution < -0.4 is 9.47 Å². The molecule has 56 heavy (non-hydrogen) atoms. The molecule has 0 saturated carbocycles. The molecule has 2 aliphatic heterocycles. The molecule has 4 heterocycles. The minimum atomic E-state index is -0.314. The summed E-state index contributed by atoms with van der Waals surface area (Å²) in [5, 5.41) is 20.8. The Labute approximate surface area is 330 Å². The number of aromatic nitrogens is 2. The molecule has 2 aromatic heterocycles. The number of hydrogen-bond donors (Lipinski definition) is 1. The lowest BCUT2D eigenvalue weighted by atomic mass is 9.91. The number of carbonyl (C=O) groups is 1. The fourth-order valence-corrected chi connectivity index (χ4v) is 9.74. The molecule has 4 atom stereocenters. The van der Waals surface area contributed by atoms with Crippen LogP contribution in [0.25, 0.3) is 33.7 Å². The van der Waals surface area contributed by atoms with Crippen molar-refractivity contribution in [2.75, 3.05) is 40.4 Å². The van der Waals surface area contributed by atoms with Gasteiger partial charge in [-0.3, -0.25) is 14.6 Å². The predicted octanol–water partition coefficient (Wildman–Crippen LogP) is 7.51. The number of benzene rings is 3. The standard InChI is InChI=1S/C44H44ClN5O6/c1-24-28(30-8-5-9-33-31(30)11-13-39(33)55-43-36(45)18-26(41(48-43)53-2)21-49-16-15-27(51)23-49)6-4-7-29(24)42-47-37-19-34-32(35(20-46)40(37)56-42)10-12-38(34)50-17-14-25(22-50)44(52)54-3/h4-9,18-19,25,27,38-39,51H,10-17,21-23H2,1-3H3/t25-,27-,38?,39+/m1/s1. The van der Waals surface area contributed by atoms with E-state index in [0.717, 1.165) is 96.1 Å². The van der Waals surface area contributed by atoms with Crippen molar-refractivity contribution in [3.05, 3.63) is 92.5 Å². The Morgan fingerprint density at radius 2 is 1.77 bits per heavy atom. The number of nitrogens with zero attached hydrogens (tertiary/aromatic N) is 5. The van der Waals surface area contributed by atoms with Crippen molar-refractivity contribution in [1.29, 1.82) is 5.26 Å².